The summed E-state index contributed by atoms with van der Waals surface area (Å²) in [6.45, 7) is 4.59. The van der Waals surface area contributed by atoms with E-state index in [0.717, 1.165) is 44.9 Å². The number of carbonyl (C=O) groups excluding carboxylic acids is 3. The first-order valence-electron chi connectivity index (χ1n) is 13.8. The quantitative estimate of drug-likeness (QED) is 0.496. The number of likely N-dealkylation sites (tertiary alicyclic amines) is 1. The number of nitrogens with zero attached hydrogens (tertiary/aromatic N) is 2. The van der Waals surface area contributed by atoms with Gasteiger partial charge in [0.25, 0.3) is 0 Å². The van der Waals surface area contributed by atoms with Crippen LogP contribution in [0.3, 0.4) is 0 Å². The number of nitrogens with one attached hydrogen (secondary N) is 2. The summed E-state index contributed by atoms with van der Waals surface area (Å²) in [6.07, 6.45) is 7.70. The third-order valence-corrected chi connectivity index (χ3v) is 9.32. The number of aromatic nitrogens is 2. The van der Waals surface area contributed by atoms with E-state index < -0.39 is 29.6 Å². The molecule has 200 valence electrons. The number of fused-ring (bicyclic) bond motifs is 1. The van der Waals surface area contributed by atoms with Crippen molar-refractivity contribution < 1.29 is 18.8 Å². The molecule has 3 aliphatic rings. The van der Waals surface area contributed by atoms with Crippen molar-refractivity contribution >= 4 is 28.8 Å². The molecule has 2 aromatic rings. The van der Waals surface area contributed by atoms with Crippen LogP contribution in [0.15, 0.2) is 18.2 Å². The first-order chi connectivity index (χ1) is 17.7. The van der Waals surface area contributed by atoms with E-state index in [4.69, 9.17) is 5.73 Å². The topological polar surface area (TPSA) is 121 Å². The van der Waals surface area contributed by atoms with E-state index in [2.05, 4.69) is 22.2 Å². The van der Waals surface area contributed by atoms with Crippen LogP contribution >= 0.6 is 0 Å². The highest BCUT2D eigenvalue weighted by molar-refractivity contribution is 5.88. The number of halogens is 1. The van der Waals surface area contributed by atoms with Gasteiger partial charge in [-0.25, -0.2) is 9.37 Å². The van der Waals surface area contributed by atoms with Gasteiger partial charge >= 0.3 is 0 Å². The molecule has 37 heavy (non-hydrogen) atoms. The molecule has 5 atom stereocenters. The molecule has 1 spiro atoms. The molecule has 0 bridgehead atoms. The van der Waals surface area contributed by atoms with Crippen LogP contribution in [0.25, 0.3) is 11.0 Å². The molecule has 2 heterocycles. The highest BCUT2D eigenvalue weighted by Crippen LogP contribution is 2.65. The maximum absolute atomic E-state index is 14.2. The lowest BCUT2D eigenvalue weighted by Gasteiger charge is -2.62. The Morgan fingerprint density at radius 3 is 2.70 bits per heavy atom. The molecule has 1 aromatic carbocycles. The van der Waals surface area contributed by atoms with E-state index in [1.54, 1.807) is 19.1 Å². The van der Waals surface area contributed by atoms with Crippen LogP contribution < -0.4 is 11.1 Å². The van der Waals surface area contributed by atoms with Gasteiger partial charge in [-0.05, 0) is 75.3 Å². The lowest BCUT2D eigenvalue weighted by Crippen LogP contribution is -2.61. The van der Waals surface area contributed by atoms with Crippen molar-refractivity contribution in [3.05, 3.63) is 29.8 Å². The smallest absolute Gasteiger partial charge is 0.224 e. The van der Waals surface area contributed by atoms with Gasteiger partial charge in [0.05, 0.1) is 17.5 Å². The minimum atomic E-state index is -0.651. The normalized spacial score (nSPS) is 26.2. The molecule has 8 nitrogen and oxygen atoms in total. The second kappa shape index (κ2) is 10.1. The van der Waals surface area contributed by atoms with Gasteiger partial charge in [0, 0.05) is 24.9 Å². The number of H-pyrrole nitrogens is 1. The van der Waals surface area contributed by atoms with Gasteiger partial charge < -0.3 is 20.9 Å². The maximum Gasteiger partial charge on any atom is 0.224 e. The molecule has 5 rings (SSSR count). The molecular formula is C28H38FN5O3. The predicted molar refractivity (Wildman–Crippen MR) is 137 cm³/mol. The number of imidazole rings is 1. The Labute approximate surface area is 216 Å². The van der Waals surface area contributed by atoms with Crippen LogP contribution in [0.4, 0.5) is 4.39 Å². The molecule has 1 saturated heterocycles. The number of nitrogens with two attached hydrogens (primary N) is 1. The van der Waals surface area contributed by atoms with Crippen molar-refractivity contribution in [3.63, 3.8) is 0 Å². The molecule has 0 radical (unpaired) electrons. The molecule has 2 unspecified atom stereocenters. The van der Waals surface area contributed by atoms with Gasteiger partial charge in [-0.1, -0.05) is 19.4 Å². The van der Waals surface area contributed by atoms with Gasteiger partial charge in [0.1, 0.15) is 11.3 Å². The summed E-state index contributed by atoms with van der Waals surface area (Å²) < 4.78 is 14.2. The Morgan fingerprint density at radius 1 is 1.27 bits per heavy atom. The monoisotopic (exact) mass is 511 g/mol. The van der Waals surface area contributed by atoms with Crippen LogP contribution in [-0.2, 0) is 14.4 Å². The number of benzene rings is 1. The number of rotatable bonds is 8. The van der Waals surface area contributed by atoms with Crippen LogP contribution in [0.1, 0.15) is 83.5 Å². The highest BCUT2D eigenvalue weighted by Gasteiger charge is 2.62. The van der Waals surface area contributed by atoms with E-state index in [0.29, 0.717) is 24.3 Å². The van der Waals surface area contributed by atoms with Gasteiger partial charge in [0.15, 0.2) is 5.82 Å². The average Bonchev–Trinajstić information content (AvgIpc) is 3.28. The fourth-order valence-electron chi connectivity index (χ4n) is 7.17. The lowest BCUT2D eigenvalue weighted by molar-refractivity contribution is -0.170. The summed E-state index contributed by atoms with van der Waals surface area (Å²) in [4.78, 5) is 49.2. The van der Waals surface area contributed by atoms with Crippen molar-refractivity contribution in [1.82, 2.24) is 20.2 Å². The SMILES string of the molecule is CC[C@H]1CCCCN1C(=O)C[C@H](C(=O)N[C@@H](C)c1nc2c(F)cccc2[nH]1)C1C(C(N)=O)CC12CCC2. The Hall–Kier alpha value is -2.97. The largest absolute Gasteiger partial charge is 0.369 e. The molecule has 2 saturated carbocycles. The van der Waals surface area contributed by atoms with Crippen molar-refractivity contribution in [3.8, 4) is 0 Å². The molecule has 4 N–H and O–H groups in total. The summed E-state index contributed by atoms with van der Waals surface area (Å²) in [5.74, 6) is -1.96. The minimum absolute atomic E-state index is 0.0187. The maximum atomic E-state index is 14.2. The number of para-hydroxylation sites is 1. The number of hydrogen-bond acceptors (Lipinski definition) is 4. The van der Waals surface area contributed by atoms with E-state index in [1.807, 2.05) is 4.90 Å². The number of primary amides is 1. The van der Waals surface area contributed by atoms with Gasteiger partial charge in [0.2, 0.25) is 17.7 Å². The van der Waals surface area contributed by atoms with Crippen LogP contribution in [0.2, 0.25) is 0 Å². The number of aromatic amines is 1. The van der Waals surface area contributed by atoms with E-state index in [9.17, 15) is 18.8 Å². The van der Waals surface area contributed by atoms with Crippen molar-refractivity contribution in [2.75, 3.05) is 6.54 Å². The number of amides is 3. The third-order valence-electron chi connectivity index (χ3n) is 9.32. The summed E-state index contributed by atoms with van der Waals surface area (Å²) in [5, 5.41) is 3.03. The highest BCUT2D eigenvalue weighted by atomic mass is 19.1. The van der Waals surface area contributed by atoms with Gasteiger partial charge in [-0.2, -0.15) is 0 Å². The molecular weight excluding hydrogens is 473 g/mol. The average molecular weight is 512 g/mol. The first kappa shape index (κ1) is 25.7. The Balaban J connectivity index is 1.40. The third kappa shape index (κ3) is 4.61. The standard InChI is InChI=1S/C28H38FN5O3/c1-3-17-8-4-5-13-34(17)22(35)14-18(23-19(25(30)36)15-28(23)11-7-12-28)27(37)31-16(2)26-32-21-10-6-9-20(29)24(21)33-26/h6,9-10,16-19,23H,3-5,7-8,11-15H2,1-2H3,(H2,30,36)(H,31,37)(H,32,33)/t16-,17-,18-,19?,23?/m0/s1. The minimum Gasteiger partial charge on any atom is -0.369 e. The van der Waals surface area contributed by atoms with Crippen LogP contribution in [0, 0.1) is 29.0 Å². The summed E-state index contributed by atoms with van der Waals surface area (Å²) in [7, 11) is 0. The van der Waals surface area contributed by atoms with Crippen molar-refractivity contribution in [1.29, 1.82) is 0 Å². The molecule has 1 aromatic heterocycles. The first-order valence-corrected chi connectivity index (χ1v) is 13.8. The number of hydrogen-bond donors (Lipinski definition) is 3. The Morgan fingerprint density at radius 2 is 2.05 bits per heavy atom. The number of piperidine rings is 1. The lowest BCUT2D eigenvalue weighted by atomic mass is 9.42. The van der Waals surface area contributed by atoms with Crippen LogP contribution in [0.5, 0.6) is 0 Å². The summed E-state index contributed by atoms with van der Waals surface area (Å²) in [5.41, 5.74) is 6.47. The molecule has 9 heteroatoms. The predicted octanol–water partition coefficient (Wildman–Crippen LogP) is 3.97. The van der Waals surface area contributed by atoms with E-state index >= 15 is 0 Å². The second-order valence-electron chi connectivity index (χ2n) is 11.4. The summed E-state index contributed by atoms with van der Waals surface area (Å²) >= 11 is 0. The van der Waals surface area contributed by atoms with Gasteiger partial charge in [-0.15, -0.1) is 0 Å². The molecule has 2 aliphatic carbocycles. The van der Waals surface area contributed by atoms with E-state index in [1.165, 1.54) is 6.07 Å². The fraction of sp³-hybridized carbons (Fsp3) is 0.643. The van der Waals surface area contributed by atoms with Crippen molar-refractivity contribution in [2.45, 2.75) is 83.7 Å². The Bertz CT molecular complexity index is 1190. The zero-order valence-corrected chi connectivity index (χ0v) is 21.8. The van der Waals surface area contributed by atoms with E-state index in [-0.39, 0.29) is 41.1 Å². The zero-order chi connectivity index (χ0) is 26.3. The Kier molecular flexibility index (Phi) is 6.98. The fourth-order valence-corrected chi connectivity index (χ4v) is 7.17. The van der Waals surface area contributed by atoms with Crippen molar-refractivity contribution in [2.24, 2.45) is 28.9 Å². The molecule has 3 fully saturated rings. The zero-order valence-electron chi connectivity index (χ0n) is 21.8. The number of carbonyl (C=O) groups is 3. The second-order valence-corrected chi connectivity index (χ2v) is 11.4. The van der Waals surface area contributed by atoms with Gasteiger partial charge in [-0.3, -0.25) is 14.4 Å². The summed E-state index contributed by atoms with van der Waals surface area (Å²) in [6, 6.07) is 4.36. The molecule has 3 amide bonds. The van der Waals surface area contributed by atoms with Crippen LogP contribution in [-0.4, -0.2) is 45.2 Å². The molecule has 1 aliphatic heterocycles.